The van der Waals surface area contributed by atoms with Crippen molar-refractivity contribution in [2.45, 2.75) is 11.6 Å². The second-order valence-electron chi connectivity index (χ2n) is 7.38. The van der Waals surface area contributed by atoms with Gasteiger partial charge in [-0.25, -0.2) is 9.37 Å². The summed E-state index contributed by atoms with van der Waals surface area (Å²) in [5.74, 6) is 0.0516. The number of carbonyl (C=O) groups excluding carboxylic acids is 1. The van der Waals surface area contributed by atoms with E-state index < -0.39 is 0 Å². The van der Waals surface area contributed by atoms with Crippen molar-refractivity contribution >= 4 is 40.2 Å². The van der Waals surface area contributed by atoms with Gasteiger partial charge >= 0.3 is 0 Å². The Morgan fingerprint density at radius 2 is 1.91 bits per heavy atom. The number of nitrogens with zero attached hydrogens (tertiary/aromatic N) is 2. The zero-order chi connectivity index (χ0) is 24.1. The van der Waals surface area contributed by atoms with Crippen molar-refractivity contribution in [2.75, 3.05) is 19.4 Å². The first-order chi connectivity index (χ1) is 16.5. The molecule has 0 unspecified atom stereocenters. The van der Waals surface area contributed by atoms with Gasteiger partial charge in [-0.3, -0.25) is 14.2 Å². The molecule has 0 spiro atoms. The van der Waals surface area contributed by atoms with E-state index in [9.17, 15) is 14.0 Å². The molecule has 0 atom stereocenters. The highest BCUT2D eigenvalue weighted by atomic mass is 35.5. The monoisotopic (exact) mass is 497 g/mol. The van der Waals surface area contributed by atoms with E-state index in [-0.39, 0.29) is 23.0 Å². The first kappa shape index (κ1) is 23.8. The second-order valence-corrected chi connectivity index (χ2v) is 8.76. The number of aromatic nitrogens is 2. The Balaban J connectivity index is 1.57. The van der Waals surface area contributed by atoms with Gasteiger partial charge in [0.2, 0.25) is 5.91 Å². The lowest BCUT2D eigenvalue weighted by atomic mass is 10.1. The number of ether oxygens (including phenoxy) is 1. The Kier molecular flexibility index (Phi) is 7.49. The van der Waals surface area contributed by atoms with Gasteiger partial charge in [0.15, 0.2) is 5.16 Å². The van der Waals surface area contributed by atoms with Crippen LogP contribution in [0, 0.1) is 5.82 Å². The number of benzene rings is 3. The fourth-order valence-corrected chi connectivity index (χ4v) is 4.44. The maximum Gasteiger partial charge on any atom is 0.266 e. The van der Waals surface area contributed by atoms with Gasteiger partial charge in [0.05, 0.1) is 29.5 Å². The molecule has 1 N–H and O–H groups in total. The predicted molar refractivity (Wildman–Crippen MR) is 133 cm³/mol. The third-order valence-electron chi connectivity index (χ3n) is 5.11. The maximum absolute atomic E-state index is 13.4. The number of para-hydroxylation sites is 2. The van der Waals surface area contributed by atoms with Gasteiger partial charge in [-0.2, -0.15) is 0 Å². The van der Waals surface area contributed by atoms with Gasteiger partial charge in [-0.1, -0.05) is 47.6 Å². The van der Waals surface area contributed by atoms with Crippen LogP contribution in [0.15, 0.2) is 76.7 Å². The highest BCUT2D eigenvalue weighted by Gasteiger charge is 2.17. The van der Waals surface area contributed by atoms with E-state index in [1.165, 1.54) is 23.8 Å². The number of thioether (sulfide) groups is 1. The lowest BCUT2D eigenvalue weighted by Crippen LogP contribution is -2.28. The predicted octanol–water partition coefficient (Wildman–Crippen LogP) is 4.64. The highest BCUT2D eigenvalue weighted by molar-refractivity contribution is 7.99. The second kappa shape index (κ2) is 10.7. The van der Waals surface area contributed by atoms with Crippen LogP contribution in [0.3, 0.4) is 0 Å². The van der Waals surface area contributed by atoms with E-state index in [4.69, 9.17) is 16.3 Å². The molecule has 0 saturated heterocycles. The first-order valence-electron chi connectivity index (χ1n) is 10.5. The molecular formula is C25H21ClFN3O3S. The molecule has 4 aromatic rings. The fraction of sp³-hybridized carbons (Fsp3) is 0.160. The zero-order valence-electron chi connectivity index (χ0n) is 18.3. The molecule has 0 saturated carbocycles. The Morgan fingerprint density at radius 1 is 1.15 bits per heavy atom. The summed E-state index contributed by atoms with van der Waals surface area (Å²) in [7, 11) is 1.53. The van der Waals surface area contributed by atoms with Gasteiger partial charge in [0.25, 0.3) is 5.56 Å². The quantitative estimate of drug-likeness (QED) is 0.283. The molecule has 0 aliphatic heterocycles. The number of hydrogen-bond acceptors (Lipinski definition) is 5. The minimum Gasteiger partial charge on any atom is -0.495 e. The van der Waals surface area contributed by atoms with Crippen LogP contribution >= 0.6 is 23.4 Å². The van der Waals surface area contributed by atoms with Gasteiger partial charge in [-0.15, -0.1) is 0 Å². The normalized spacial score (nSPS) is 10.9. The molecule has 0 fully saturated rings. The van der Waals surface area contributed by atoms with Crippen LogP contribution in [0.5, 0.6) is 5.75 Å². The van der Waals surface area contributed by atoms with Crippen LogP contribution in [0.4, 0.5) is 4.39 Å². The molecule has 1 amide bonds. The van der Waals surface area contributed by atoms with Gasteiger partial charge in [-0.05, 0) is 54.4 Å². The summed E-state index contributed by atoms with van der Waals surface area (Å²) in [6.07, 6.45) is 0.579. The van der Waals surface area contributed by atoms with Crippen LogP contribution in [0.25, 0.3) is 16.6 Å². The Labute approximate surface area is 204 Å². The Morgan fingerprint density at radius 3 is 2.68 bits per heavy atom. The van der Waals surface area contributed by atoms with E-state index >= 15 is 0 Å². The van der Waals surface area contributed by atoms with Crippen molar-refractivity contribution < 1.29 is 13.9 Å². The number of halogens is 2. The van der Waals surface area contributed by atoms with E-state index in [1.54, 1.807) is 48.5 Å². The van der Waals surface area contributed by atoms with Gasteiger partial charge < -0.3 is 10.1 Å². The number of rotatable bonds is 8. The van der Waals surface area contributed by atoms with Crippen molar-refractivity contribution in [3.63, 3.8) is 0 Å². The molecule has 0 radical (unpaired) electrons. The van der Waals surface area contributed by atoms with Crippen LogP contribution < -0.4 is 15.6 Å². The molecule has 174 valence electrons. The molecule has 1 heterocycles. The summed E-state index contributed by atoms with van der Waals surface area (Å²) in [5, 5.41) is 4.06. The Bertz CT molecular complexity index is 1390. The smallest absolute Gasteiger partial charge is 0.266 e. The molecule has 3 aromatic carbocycles. The van der Waals surface area contributed by atoms with Gasteiger partial charge in [0, 0.05) is 11.6 Å². The zero-order valence-corrected chi connectivity index (χ0v) is 19.8. The summed E-state index contributed by atoms with van der Waals surface area (Å²) in [4.78, 5) is 30.5. The van der Waals surface area contributed by atoms with E-state index in [0.717, 1.165) is 17.3 Å². The molecular weight excluding hydrogens is 477 g/mol. The van der Waals surface area contributed by atoms with E-state index in [0.29, 0.717) is 45.5 Å². The summed E-state index contributed by atoms with van der Waals surface area (Å²) >= 11 is 7.25. The standard InChI is InChI=1S/C25H21ClFN3O3S/c1-33-22-5-3-2-4-21(22)30-24(32)19-11-8-17(26)14-20(19)29-25(30)34-15-23(31)28-13-12-16-6-9-18(27)10-7-16/h2-11,14H,12-13,15H2,1H3,(H,28,31). The molecule has 0 aliphatic carbocycles. The summed E-state index contributed by atoms with van der Waals surface area (Å²) in [6.45, 7) is 0.408. The molecule has 1 aromatic heterocycles. The minimum absolute atomic E-state index is 0.0527. The lowest BCUT2D eigenvalue weighted by molar-refractivity contribution is -0.118. The van der Waals surface area contributed by atoms with Crippen LogP contribution in [0.2, 0.25) is 5.02 Å². The number of carbonyl (C=O) groups is 1. The lowest BCUT2D eigenvalue weighted by Gasteiger charge is -2.15. The number of nitrogens with one attached hydrogen (secondary N) is 1. The number of fused-ring (bicyclic) bond motifs is 1. The van der Waals surface area contributed by atoms with Crippen LogP contribution in [0.1, 0.15) is 5.56 Å². The minimum atomic E-state index is -0.297. The topological polar surface area (TPSA) is 73.2 Å². The van der Waals surface area contributed by atoms with Crippen molar-refractivity contribution in [3.05, 3.63) is 93.5 Å². The third-order valence-corrected chi connectivity index (χ3v) is 6.28. The Hall–Kier alpha value is -3.36. The molecule has 9 heteroatoms. The summed E-state index contributed by atoms with van der Waals surface area (Å²) in [5.41, 5.74) is 1.61. The maximum atomic E-state index is 13.4. The third kappa shape index (κ3) is 5.40. The molecule has 6 nitrogen and oxygen atoms in total. The van der Waals surface area contributed by atoms with Crippen molar-refractivity contribution in [1.29, 1.82) is 0 Å². The van der Waals surface area contributed by atoms with E-state index in [1.807, 2.05) is 6.07 Å². The van der Waals surface area contributed by atoms with Crippen molar-refractivity contribution in [2.24, 2.45) is 0 Å². The summed E-state index contributed by atoms with van der Waals surface area (Å²) in [6, 6.07) is 18.2. The highest BCUT2D eigenvalue weighted by Crippen LogP contribution is 2.27. The van der Waals surface area contributed by atoms with Crippen LogP contribution in [-0.2, 0) is 11.2 Å². The molecule has 0 aliphatic rings. The number of methoxy groups -OCH3 is 1. The first-order valence-corrected chi connectivity index (χ1v) is 11.8. The number of amides is 1. The average molecular weight is 498 g/mol. The van der Waals surface area contributed by atoms with Crippen molar-refractivity contribution in [1.82, 2.24) is 14.9 Å². The largest absolute Gasteiger partial charge is 0.495 e. The van der Waals surface area contributed by atoms with Crippen molar-refractivity contribution in [3.8, 4) is 11.4 Å². The van der Waals surface area contributed by atoms with Crippen LogP contribution in [-0.4, -0.2) is 34.9 Å². The number of hydrogen-bond donors (Lipinski definition) is 1. The van der Waals surface area contributed by atoms with Gasteiger partial charge in [0.1, 0.15) is 11.6 Å². The molecule has 0 bridgehead atoms. The molecule has 4 rings (SSSR count). The van der Waals surface area contributed by atoms with E-state index in [2.05, 4.69) is 10.3 Å². The summed E-state index contributed by atoms with van der Waals surface area (Å²) < 4.78 is 19.9. The SMILES string of the molecule is COc1ccccc1-n1c(SCC(=O)NCCc2ccc(F)cc2)nc2cc(Cl)ccc2c1=O. The molecule has 34 heavy (non-hydrogen) atoms. The average Bonchev–Trinajstić information content (AvgIpc) is 2.84. The fourth-order valence-electron chi connectivity index (χ4n) is 3.44.